The number of likely N-dealkylation sites (N-methyl/N-ethyl adjacent to an activating group) is 1. The van der Waals surface area contributed by atoms with E-state index in [1.165, 1.54) is 16.2 Å². The van der Waals surface area contributed by atoms with Gasteiger partial charge in [0.15, 0.2) is 0 Å². The Morgan fingerprint density at radius 1 is 1.02 bits per heavy atom. The minimum atomic E-state index is -0.860. The molecule has 1 fully saturated rings. The van der Waals surface area contributed by atoms with Crippen LogP contribution in [-0.4, -0.2) is 70.1 Å². The summed E-state index contributed by atoms with van der Waals surface area (Å²) in [5.74, 6) is -0.403. The molecule has 1 saturated heterocycles. The van der Waals surface area contributed by atoms with Gasteiger partial charge in [-0.1, -0.05) is 48.5 Å². The van der Waals surface area contributed by atoms with Gasteiger partial charge in [-0.05, 0) is 48.0 Å². The molecule has 4 amide bonds. The summed E-state index contributed by atoms with van der Waals surface area (Å²) in [6.45, 7) is 0.764. The second-order valence-electron chi connectivity index (χ2n) is 9.92. The first-order chi connectivity index (χ1) is 19.9. The van der Waals surface area contributed by atoms with Crippen LogP contribution >= 0.6 is 11.3 Å². The molecule has 4 aromatic rings. The van der Waals surface area contributed by atoms with E-state index in [0.29, 0.717) is 13.1 Å². The van der Waals surface area contributed by atoms with Crippen molar-refractivity contribution in [2.75, 3.05) is 20.1 Å². The molecular weight excluding hydrogens is 540 g/mol. The molecule has 212 valence electrons. The SMILES string of the molecule is CNCC(=O)N1C(NC(=O)NCc2ccccc2)CN(Cc2ccc3ncsc3c2)C(=O)[C@@H]1Cc1ccc(O)cc1. The van der Waals surface area contributed by atoms with Crippen LogP contribution in [0.25, 0.3) is 10.2 Å². The zero-order valence-electron chi connectivity index (χ0n) is 22.6. The van der Waals surface area contributed by atoms with Crippen molar-refractivity contribution in [3.8, 4) is 5.75 Å². The van der Waals surface area contributed by atoms with E-state index in [2.05, 4.69) is 20.9 Å². The topological polar surface area (TPSA) is 127 Å². The van der Waals surface area contributed by atoms with E-state index in [9.17, 15) is 19.5 Å². The number of phenolic OH excluding ortho intramolecular Hbond substituents is 1. The van der Waals surface area contributed by atoms with Gasteiger partial charge < -0.3 is 30.9 Å². The molecule has 3 aromatic carbocycles. The number of urea groups is 1. The maximum Gasteiger partial charge on any atom is 0.316 e. The van der Waals surface area contributed by atoms with Crippen LogP contribution < -0.4 is 16.0 Å². The maximum absolute atomic E-state index is 14.0. The van der Waals surface area contributed by atoms with E-state index in [4.69, 9.17) is 0 Å². The lowest BCUT2D eigenvalue weighted by Crippen LogP contribution is -2.69. The van der Waals surface area contributed by atoms with Gasteiger partial charge in [-0.3, -0.25) is 9.59 Å². The average Bonchev–Trinajstić information content (AvgIpc) is 3.44. The molecule has 1 aromatic heterocycles. The Bertz CT molecular complexity index is 1510. The highest BCUT2D eigenvalue weighted by Crippen LogP contribution is 2.25. The Hall–Kier alpha value is -4.48. The fourth-order valence-corrected chi connectivity index (χ4v) is 5.76. The summed E-state index contributed by atoms with van der Waals surface area (Å²) in [6, 6.07) is 20.7. The van der Waals surface area contributed by atoms with Crippen LogP contribution in [0, 0.1) is 0 Å². The lowest BCUT2D eigenvalue weighted by atomic mass is 9.99. The van der Waals surface area contributed by atoms with Gasteiger partial charge in [-0.2, -0.15) is 0 Å². The number of aromatic hydroxyl groups is 1. The molecular formula is C30H32N6O4S. The van der Waals surface area contributed by atoms with E-state index < -0.39 is 18.2 Å². The van der Waals surface area contributed by atoms with Crippen molar-refractivity contribution in [2.45, 2.75) is 31.7 Å². The van der Waals surface area contributed by atoms with Crippen molar-refractivity contribution < 1.29 is 19.5 Å². The number of carbonyl (C=O) groups is 3. The number of nitrogens with zero attached hydrogens (tertiary/aromatic N) is 3. The molecule has 5 rings (SSSR count). The third kappa shape index (κ3) is 6.82. The summed E-state index contributed by atoms with van der Waals surface area (Å²) in [5, 5.41) is 18.4. The number of phenols is 1. The first-order valence-corrected chi connectivity index (χ1v) is 14.2. The predicted molar refractivity (Wildman–Crippen MR) is 157 cm³/mol. The maximum atomic E-state index is 14.0. The molecule has 0 spiro atoms. The summed E-state index contributed by atoms with van der Waals surface area (Å²) >= 11 is 1.53. The van der Waals surface area contributed by atoms with Gasteiger partial charge in [0.2, 0.25) is 11.8 Å². The number of hydrogen-bond donors (Lipinski definition) is 4. The fraction of sp³-hybridized carbons (Fsp3) is 0.267. The predicted octanol–water partition coefficient (Wildman–Crippen LogP) is 2.83. The van der Waals surface area contributed by atoms with E-state index >= 15 is 0 Å². The number of fused-ring (bicyclic) bond motifs is 1. The van der Waals surface area contributed by atoms with Crippen molar-refractivity contribution >= 4 is 39.4 Å². The standard InChI is InChI=1S/C30H32N6O4S/c1-31-16-28(38)36-25(13-20-7-10-23(37)11-8-20)29(39)35(17-22-9-12-24-26(14-22)41-19-33-24)18-27(36)34-30(40)32-15-21-5-3-2-4-6-21/h2-12,14,19,25,27,31,37H,13,15-18H2,1H3,(H2,32,34,40)/t25-,27?/m0/s1. The van der Waals surface area contributed by atoms with E-state index in [1.807, 2.05) is 48.5 Å². The lowest BCUT2D eigenvalue weighted by molar-refractivity contribution is -0.156. The number of thiazole rings is 1. The normalized spacial score (nSPS) is 17.0. The molecule has 2 atom stereocenters. The number of amides is 4. The summed E-state index contributed by atoms with van der Waals surface area (Å²) in [6.07, 6.45) is -0.540. The van der Waals surface area contributed by atoms with Gasteiger partial charge >= 0.3 is 6.03 Å². The Labute approximate surface area is 242 Å². The molecule has 0 bridgehead atoms. The van der Waals surface area contributed by atoms with Crippen LogP contribution in [0.2, 0.25) is 0 Å². The number of aromatic nitrogens is 1. The molecule has 1 aliphatic heterocycles. The van der Waals surface area contributed by atoms with Crippen LogP contribution in [0.1, 0.15) is 16.7 Å². The van der Waals surface area contributed by atoms with Crippen molar-refractivity contribution in [1.29, 1.82) is 0 Å². The molecule has 2 heterocycles. The van der Waals surface area contributed by atoms with Gasteiger partial charge in [0.1, 0.15) is 18.0 Å². The summed E-state index contributed by atoms with van der Waals surface area (Å²) in [7, 11) is 1.66. The molecule has 0 radical (unpaired) electrons. The quantitative estimate of drug-likeness (QED) is 0.244. The second-order valence-corrected chi connectivity index (χ2v) is 10.8. The molecule has 4 N–H and O–H groups in total. The highest BCUT2D eigenvalue weighted by Gasteiger charge is 2.43. The van der Waals surface area contributed by atoms with E-state index in [1.54, 1.807) is 41.7 Å². The zero-order chi connectivity index (χ0) is 28.8. The summed E-state index contributed by atoms with van der Waals surface area (Å²) in [5.41, 5.74) is 5.33. The van der Waals surface area contributed by atoms with Gasteiger partial charge in [0.25, 0.3) is 0 Å². The van der Waals surface area contributed by atoms with Crippen LogP contribution in [0.4, 0.5) is 4.79 Å². The van der Waals surface area contributed by atoms with E-state index in [-0.39, 0.29) is 37.1 Å². The fourth-order valence-electron chi connectivity index (χ4n) is 5.02. The zero-order valence-corrected chi connectivity index (χ0v) is 23.4. The Morgan fingerprint density at radius 2 is 1.78 bits per heavy atom. The van der Waals surface area contributed by atoms with E-state index in [0.717, 1.165) is 26.9 Å². The summed E-state index contributed by atoms with van der Waals surface area (Å²) in [4.78, 5) is 48.0. The highest BCUT2D eigenvalue weighted by molar-refractivity contribution is 7.16. The van der Waals surface area contributed by atoms with Crippen LogP contribution in [0.5, 0.6) is 5.75 Å². The average molecular weight is 573 g/mol. The lowest BCUT2D eigenvalue weighted by Gasteiger charge is -2.46. The molecule has 41 heavy (non-hydrogen) atoms. The number of benzene rings is 3. The van der Waals surface area contributed by atoms with Crippen molar-refractivity contribution in [1.82, 2.24) is 30.7 Å². The molecule has 0 saturated carbocycles. The number of piperazine rings is 1. The minimum absolute atomic E-state index is 0.00518. The first-order valence-electron chi connectivity index (χ1n) is 13.3. The number of carbonyl (C=O) groups excluding carboxylic acids is 3. The van der Waals surface area contributed by atoms with Crippen molar-refractivity contribution in [3.63, 3.8) is 0 Å². The molecule has 1 unspecified atom stereocenters. The first kappa shape index (κ1) is 28.1. The summed E-state index contributed by atoms with van der Waals surface area (Å²) < 4.78 is 1.02. The van der Waals surface area contributed by atoms with Crippen LogP contribution in [-0.2, 0) is 29.1 Å². The Balaban J connectivity index is 1.43. The van der Waals surface area contributed by atoms with Crippen LogP contribution in [0.15, 0.2) is 78.3 Å². The number of rotatable bonds is 9. The minimum Gasteiger partial charge on any atom is -0.508 e. The van der Waals surface area contributed by atoms with Gasteiger partial charge in [0, 0.05) is 19.5 Å². The van der Waals surface area contributed by atoms with Crippen molar-refractivity contribution in [3.05, 3.63) is 95.0 Å². The molecule has 1 aliphatic rings. The van der Waals surface area contributed by atoms with Crippen molar-refractivity contribution in [2.24, 2.45) is 0 Å². The monoisotopic (exact) mass is 572 g/mol. The van der Waals surface area contributed by atoms with Crippen LogP contribution in [0.3, 0.4) is 0 Å². The highest BCUT2D eigenvalue weighted by atomic mass is 32.1. The molecule has 10 nitrogen and oxygen atoms in total. The largest absolute Gasteiger partial charge is 0.508 e. The number of hydrogen-bond acceptors (Lipinski definition) is 7. The smallest absolute Gasteiger partial charge is 0.316 e. The Morgan fingerprint density at radius 3 is 2.54 bits per heavy atom. The second kappa shape index (κ2) is 12.8. The molecule has 11 heteroatoms. The number of nitrogens with one attached hydrogen (secondary N) is 3. The third-order valence-corrected chi connectivity index (χ3v) is 7.80. The van der Waals surface area contributed by atoms with Gasteiger partial charge in [-0.25, -0.2) is 9.78 Å². The third-order valence-electron chi connectivity index (χ3n) is 7.01. The Kier molecular flexibility index (Phi) is 8.76. The van der Waals surface area contributed by atoms with Gasteiger partial charge in [0.05, 0.1) is 28.8 Å². The van der Waals surface area contributed by atoms with Gasteiger partial charge in [-0.15, -0.1) is 11.3 Å². The molecule has 0 aliphatic carbocycles.